The molecule has 4 N–H and O–H groups in total. The molecule has 2 aliphatic heterocycles. The molecule has 18 heavy (non-hydrogen) atoms. The van der Waals surface area contributed by atoms with E-state index in [0.717, 1.165) is 38.4 Å². The van der Waals surface area contributed by atoms with Gasteiger partial charge in [-0.2, -0.15) is 0 Å². The minimum Gasteiger partial charge on any atom is -0.368 e. The summed E-state index contributed by atoms with van der Waals surface area (Å²) in [6.07, 6.45) is 5.18. The highest BCUT2D eigenvalue weighted by atomic mass is 16.1. The van der Waals surface area contributed by atoms with Crippen molar-refractivity contribution in [3.05, 3.63) is 0 Å². The van der Waals surface area contributed by atoms with Gasteiger partial charge in [-0.3, -0.25) is 14.6 Å². The van der Waals surface area contributed by atoms with Crippen molar-refractivity contribution in [3.63, 3.8) is 0 Å². The number of nitrogens with zero attached hydrogens (tertiary/aromatic N) is 2. The van der Waals surface area contributed by atoms with Crippen LogP contribution in [0.4, 0.5) is 0 Å². The molecule has 3 rings (SSSR count). The third-order valence-corrected chi connectivity index (χ3v) is 5.15. The molecule has 0 spiro atoms. The van der Waals surface area contributed by atoms with Gasteiger partial charge >= 0.3 is 0 Å². The second-order valence-corrected chi connectivity index (χ2v) is 6.24. The Balaban J connectivity index is 1.61. The zero-order chi connectivity index (χ0) is 12.8. The molecule has 0 aromatic heterocycles. The second kappa shape index (κ2) is 4.47. The normalized spacial score (nSPS) is 42.1. The van der Waals surface area contributed by atoms with E-state index in [4.69, 9.17) is 11.5 Å². The van der Waals surface area contributed by atoms with E-state index < -0.39 is 5.54 Å². The first kappa shape index (κ1) is 12.4. The van der Waals surface area contributed by atoms with Crippen LogP contribution in [-0.2, 0) is 4.79 Å². The maximum Gasteiger partial charge on any atom is 0.237 e. The quantitative estimate of drug-likeness (QED) is 0.695. The summed E-state index contributed by atoms with van der Waals surface area (Å²) in [6, 6.07) is 1.20. The standard InChI is InChI=1S/C13H24N4O/c14-12(18)13(15)4-3-10(8-13)17-7-6-16-5-1-2-11(16)9-17/h10-11H,1-9,15H2,(H2,14,18). The van der Waals surface area contributed by atoms with Gasteiger partial charge in [-0.15, -0.1) is 0 Å². The molecule has 3 aliphatic rings. The summed E-state index contributed by atoms with van der Waals surface area (Å²) in [6.45, 7) is 4.72. The fourth-order valence-electron chi connectivity index (χ4n) is 3.93. The summed E-state index contributed by atoms with van der Waals surface area (Å²) < 4.78 is 0. The molecule has 2 heterocycles. The lowest BCUT2D eigenvalue weighted by molar-refractivity contribution is -0.123. The molecule has 5 heteroatoms. The van der Waals surface area contributed by atoms with Gasteiger partial charge in [-0.1, -0.05) is 0 Å². The van der Waals surface area contributed by atoms with Crippen LogP contribution in [0, 0.1) is 0 Å². The lowest BCUT2D eigenvalue weighted by Crippen LogP contribution is -2.55. The Hall–Kier alpha value is -0.650. The average Bonchev–Trinajstić information content (AvgIpc) is 2.95. The molecule has 3 fully saturated rings. The Bertz CT molecular complexity index is 348. The zero-order valence-corrected chi connectivity index (χ0v) is 11.0. The van der Waals surface area contributed by atoms with Crippen LogP contribution in [0.1, 0.15) is 32.1 Å². The number of fused-ring (bicyclic) bond motifs is 1. The molecule has 3 atom stereocenters. The topological polar surface area (TPSA) is 75.6 Å². The van der Waals surface area contributed by atoms with E-state index >= 15 is 0 Å². The monoisotopic (exact) mass is 252 g/mol. The van der Waals surface area contributed by atoms with Crippen molar-refractivity contribution in [3.8, 4) is 0 Å². The van der Waals surface area contributed by atoms with E-state index in [9.17, 15) is 4.79 Å². The largest absolute Gasteiger partial charge is 0.368 e. The summed E-state index contributed by atoms with van der Waals surface area (Å²) in [5.41, 5.74) is 10.8. The number of carbonyl (C=O) groups excluding carboxylic acids is 1. The molecule has 102 valence electrons. The predicted molar refractivity (Wildman–Crippen MR) is 69.9 cm³/mol. The van der Waals surface area contributed by atoms with Gasteiger partial charge in [-0.05, 0) is 38.6 Å². The van der Waals surface area contributed by atoms with Crippen LogP contribution in [0.15, 0.2) is 0 Å². The van der Waals surface area contributed by atoms with Gasteiger partial charge in [-0.25, -0.2) is 0 Å². The third kappa shape index (κ3) is 2.04. The van der Waals surface area contributed by atoms with Crippen LogP contribution in [0.3, 0.4) is 0 Å². The van der Waals surface area contributed by atoms with Gasteiger partial charge in [0.1, 0.15) is 0 Å². The number of primary amides is 1. The second-order valence-electron chi connectivity index (χ2n) is 6.24. The van der Waals surface area contributed by atoms with Crippen molar-refractivity contribution >= 4 is 5.91 Å². The van der Waals surface area contributed by atoms with Gasteiger partial charge < -0.3 is 11.5 Å². The van der Waals surface area contributed by atoms with E-state index in [1.165, 1.54) is 25.9 Å². The Morgan fingerprint density at radius 2 is 1.89 bits per heavy atom. The summed E-state index contributed by atoms with van der Waals surface area (Å²) in [5, 5.41) is 0. The van der Waals surface area contributed by atoms with Crippen molar-refractivity contribution < 1.29 is 4.79 Å². The summed E-state index contributed by atoms with van der Waals surface area (Å²) in [7, 11) is 0. The molecule has 0 aromatic carbocycles. The van der Waals surface area contributed by atoms with Crippen molar-refractivity contribution in [1.82, 2.24) is 9.80 Å². The Labute approximate surface area is 108 Å². The number of hydrogen-bond donors (Lipinski definition) is 2. The lowest BCUT2D eigenvalue weighted by atomic mass is 9.98. The van der Waals surface area contributed by atoms with E-state index in [1.54, 1.807) is 0 Å². The van der Waals surface area contributed by atoms with E-state index in [1.807, 2.05) is 0 Å². The van der Waals surface area contributed by atoms with Crippen molar-refractivity contribution in [2.24, 2.45) is 11.5 Å². The van der Waals surface area contributed by atoms with Crippen LogP contribution in [0.2, 0.25) is 0 Å². The van der Waals surface area contributed by atoms with Gasteiger partial charge in [0.2, 0.25) is 5.91 Å². The Kier molecular flexibility index (Phi) is 3.08. The summed E-state index contributed by atoms with van der Waals surface area (Å²) in [5.74, 6) is -0.329. The van der Waals surface area contributed by atoms with Crippen LogP contribution < -0.4 is 11.5 Å². The molecule has 0 bridgehead atoms. The summed E-state index contributed by atoms with van der Waals surface area (Å²) in [4.78, 5) is 16.6. The molecule has 0 aromatic rings. The zero-order valence-electron chi connectivity index (χ0n) is 11.0. The molecular weight excluding hydrogens is 228 g/mol. The molecule has 1 amide bonds. The highest BCUT2D eigenvalue weighted by Crippen LogP contribution is 2.33. The fourth-order valence-corrected chi connectivity index (χ4v) is 3.93. The molecule has 3 unspecified atom stereocenters. The first-order valence-electron chi connectivity index (χ1n) is 7.15. The number of rotatable bonds is 2. The SMILES string of the molecule is NC(=O)C1(N)CCC(N2CCN3CCCC3C2)C1. The molecule has 5 nitrogen and oxygen atoms in total. The van der Waals surface area contributed by atoms with Crippen LogP contribution in [-0.4, -0.2) is 59.5 Å². The number of hydrogen-bond acceptors (Lipinski definition) is 4. The van der Waals surface area contributed by atoms with Gasteiger partial charge in [0.25, 0.3) is 0 Å². The lowest BCUT2D eigenvalue weighted by Gasteiger charge is -2.40. The number of carbonyl (C=O) groups is 1. The average molecular weight is 252 g/mol. The van der Waals surface area contributed by atoms with E-state index in [-0.39, 0.29) is 5.91 Å². The van der Waals surface area contributed by atoms with Crippen molar-refractivity contribution in [1.29, 1.82) is 0 Å². The summed E-state index contributed by atoms with van der Waals surface area (Å²) >= 11 is 0. The van der Waals surface area contributed by atoms with E-state index in [0.29, 0.717) is 6.04 Å². The van der Waals surface area contributed by atoms with Crippen molar-refractivity contribution in [2.75, 3.05) is 26.2 Å². The molecule has 2 saturated heterocycles. The Morgan fingerprint density at radius 1 is 1.11 bits per heavy atom. The number of nitrogens with two attached hydrogens (primary N) is 2. The van der Waals surface area contributed by atoms with E-state index in [2.05, 4.69) is 9.80 Å². The van der Waals surface area contributed by atoms with Gasteiger partial charge in [0.05, 0.1) is 5.54 Å². The van der Waals surface area contributed by atoms with Gasteiger partial charge in [0.15, 0.2) is 0 Å². The first-order valence-corrected chi connectivity index (χ1v) is 7.15. The fraction of sp³-hybridized carbons (Fsp3) is 0.923. The van der Waals surface area contributed by atoms with Gasteiger partial charge in [0, 0.05) is 31.7 Å². The molecule has 0 radical (unpaired) electrons. The smallest absolute Gasteiger partial charge is 0.237 e. The minimum absolute atomic E-state index is 0.329. The predicted octanol–water partition coefficient (Wildman–Crippen LogP) is -0.498. The third-order valence-electron chi connectivity index (χ3n) is 5.15. The van der Waals surface area contributed by atoms with Crippen molar-refractivity contribution in [2.45, 2.75) is 49.7 Å². The molecular formula is C13H24N4O. The number of piperazine rings is 1. The Morgan fingerprint density at radius 3 is 2.61 bits per heavy atom. The highest BCUT2D eigenvalue weighted by Gasteiger charge is 2.44. The highest BCUT2D eigenvalue weighted by molar-refractivity contribution is 5.84. The maximum absolute atomic E-state index is 11.4. The van der Waals surface area contributed by atoms with Crippen LogP contribution in [0.25, 0.3) is 0 Å². The van der Waals surface area contributed by atoms with Crippen LogP contribution >= 0.6 is 0 Å². The van der Waals surface area contributed by atoms with Crippen LogP contribution in [0.5, 0.6) is 0 Å². The maximum atomic E-state index is 11.4. The molecule has 1 aliphatic carbocycles. The first-order chi connectivity index (χ1) is 8.58. The molecule has 1 saturated carbocycles. The minimum atomic E-state index is -0.753. The number of amides is 1.